The van der Waals surface area contributed by atoms with Gasteiger partial charge >= 0.3 is 11.8 Å². The van der Waals surface area contributed by atoms with Gasteiger partial charge in [-0.3, -0.25) is 9.59 Å². The molecule has 0 aliphatic carbocycles. The first-order chi connectivity index (χ1) is 8.40. The number of carbonyl (C=O) groups is 2. The average molecular weight is 351 g/mol. The Hall–Kier alpha value is -1.18. The molecule has 8 heteroatoms. The molecule has 0 aromatic heterocycles. The third-order valence-electron chi connectivity index (χ3n) is 1.81. The molecule has 2 amide bonds. The zero-order valence-electron chi connectivity index (χ0n) is 9.00. The second-order valence-electron chi connectivity index (χ2n) is 3.23. The molecule has 0 atom stereocenters. The molecule has 0 spiro atoms. The van der Waals surface area contributed by atoms with E-state index in [1.807, 2.05) is 0 Å². The van der Waals surface area contributed by atoms with Gasteiger partial charge in [-0.25, -0.2) is 0 Å². The van der Waals surface area contributed by atoms with Crippen molar-refractivity contribution < 1.29 is 9.59 Å². The van der Waals surface area contributed by atoms with Crippen LogP contribution in [0.5, 0.6) is 0 Å². The van der Waals surface area contributed by atoms with Crippen molar-refractivity contribution in [1.82, 2.24) is 5.32 Å². The number of rotatable bonds is 3. The smallest absolute Gasteiger partial charge is 0.313 e. The van der Waals surface area contributed by atoms with Crippen LogP contribution in [0.4, 0.5) is 5.69 Å². The Balaban J connectivity index is 2.64. The molecule has 0 bridgehead atoms. The van der Waals surface area contributed by atoms with Crippen molar-refractivity contribution in [3.8, 4) is 0 Å². The Bertz CT molecular complexity index is 510. The highest BCUT2D eigenvalue weighted by Gasteiger charge is 2.14. The van der Waals surface area contributed by atoms with Crippen molar-refractivity contribution in [3.63, 3.8) is 0 Å². The lowest BCUT2D eigenvalue weighted by Gasteiger charge is -2.07. The van der Waals surface area contributed by atoms with E-state index in [2.05, 4.69) is 38.8 Å². The summed E-state index contributed by atoms with van der Waals surface area (Å²) in [4.78, 5) is 22.9. The van der Waals surface area contributed by atoms with Gasteiger partial charge in [0.05, 0.1) is 22.2 Å². The number of hydrogen-bond acceptors (Lipinski definition) is 3. The number of nitrogens with one attached hydrogen (secondary N) is 2. The van der Waals surface area contributed by atoms with E-state index < -0.39 is 11.8 Å². The lowest BCUT2D eigenvalue weighted by Crippen LogP contribution is -2.39. The van der Waals surface area contributed by atoms with E-state index in [9.17, 15) is 9.59 Å². The van der Waals surface area contributed by atoms with Crippen LogP contribution in [0.25, 0.3) is 0 Å². The topological polar surface area (TPSA) is 84.2 Å². The van der Waals surface area contributed by atoms with E-state index in [1.54, 1.807) is 18.2 Å². The second kappa shape index (κ2) is 6.67. The van der Waals surface area contributed by atoms with Crippen LogP contribution in [-0.4, -0.2) is 23.3 Å². The zero-order valence-corrected chi connectivity index (χ0v) is 12.2. The lowest BCUT2D eigenvalue weighted by atomic mass is 10.3. The molecule has 5 nitrogen and oxygen atoms in total. The second-order valence-corrected chi connectivity index (χ2v) is 5.07. The van der Waals surface area contributed by atoms with Gasteiger partial charge in [-0.05, 0) is 18.2 Å². The van der Waals surface area contributed by atoms with Crippen LogP contribution >= 0.6 is 39.7 Å². The Morgan fingerprint density at radius 2 is 2.06 bits per heavy atom. The molecule has 1 aromatic rings. The summed E-state index contributed by atoms with van der Waals surface area (Å²) in [7, 11) is 0. The highest BCUT2D eigenvalue weighted by atomic mass is 79.9. The third kappa shape index (κ3) is 4.59. The van der Waals surface area contributed by atoms with Crippen molar-refractivity contribution in [3.05, 3.63) is 27.7 Å². The van der Waals surface area contributed by atoms with Crippen molar-refractivity contribution >= 4 is 62.2 Å². The molecule has 0 saturated carbocycles. The number of anilines is 1. The number of benzene rings is 1. The molecule has 0 heterocycles. The molecular weight excluding hydrogens is 342 g/mol. The van der Waals surface area contributed by atoms with Gasteiger partial charge in [-0.2, -0.15) is 0 Å². The first kappa shape index (κ1) is 14.9. The number of nitrogens with two attached hydrogens (primary N) is 1. The van der Waals surface area contributed by atoms with Gasteiger partial charge in [-0.1, -0.05) is 39.7 Å². The SMILES string of the molecule is NC(=S)CNC(=O)C(=O)Nc1ccc(Br)cc1Cl. The van der Waals surface area contributed by atoms with Crippen LogP contribution in [0.1, 0.15) is 0 Å². The lowest BCUT2D eigenvalue weighted by molar-refractivity contribution is -0.135. The standard InChI is InChI=1S/C10H9BrClN3O2S/c11-5-1-2-7(6(12)3-5)15-10(17)9(16)14-4-8(13)18/h1-3H,4H2,(H2,13,18)(H,14,16)(H,15,17). The fraction of sp³-hybridized carbons (Fsp3) is 0.100. The molecule has 1 aromatic carbocycles. The van der Waals surface area contributed by atoms with Gasteiger partial charge in [0, 0.05) is 4.47 Å². The predicted molar refractivity (Wildman–Crippen MR) is 77.6 cm³/mol. The molecule has 0 unspecified atom stereocenters. The van der Waals surface area contributed by atoms with Crippen LogP contribution in [0.2, 0.25) is 5.02 Å². The molecule has 0 fully saturated rings. The van der Waals surface area contributed by atoms with E-state index in [1.165, 1.54) is 0 Å². The van der Waals surface area contributed by atoms with Gasteiger partial charge in [0.1, 0.15) is 0 Å². The van der Waals surface area contributed by atoms with Crippen molar-refractivity contribution in [2.24, 2.45) is 5.73 Å². The quantitative estimate of drug-likeness (QED) is 0.569. The van der Waals surface area contributed by atoms with E-state index in [-0.39, 0.29) is 11.5 Å². The monoisotopic (exact) mass is 349 g/mol. The van der Waals surface area contributed by atoms with Crippen molar-refractivity contribution in [2.45, 2.75) is 0 Å². The van der Waals surface area contributed by atoms with Crippen LogP contribution in [0.15, 0.2) is 22.7 Å². The van der Waals surface area contributed by atoms with Crippen LogP contribution in [0, 0.1) is 0 Å². The van der Waals surface area contributed by atoms with E-state index in [4.69, 9.17) is 17.3 Å². The minimum absolute atomic E-state index is 0.0321. The summed E-state index contributed by atoms with van der Waals surface area (Å²) in [6, 6.07) is 4.86. The normalized spacial score (nSPS) is 9.67. The molecule has 0 radical (unpaired) electrons. The zero-order chi connectivity index (χ0) is 13.7. The maximum atomic E-state index is 11.5. The summed E-state index contributed by atoms with van der Waals surface area (Å²) in [6.45, 7) is -0.0321. The van der Waals surface area contributed by atoms with Gasteiger partial charge in [0.2, 0.25) is 0 Å². The van der Waals surface area contributed by atoms with Crippen LogP contribution in [0.3, 0.4) is 0 Å². The Kier molecular flexibility index (Phi) is 5.52. The summed E-state index contributed by atoms with van der Waals surface area (Å²) in [6.07, 6.45) is 0. The highest BCUT2D eigenvalue weighted by Crippen LogP contribution is 2.25. The van der Waals surface area contributed by atoms with Crippen LogP contribution < -0.4 is 16.4 Å². The number of halogens is 2. The maximum absolute atomic E-state index is 11.5. The number of amides is 2. The minimum atomic E-state index is -0.838. The number of thiocarbonyl (C=S) groups is 1. The molecule has 4 N–H and O–H groups in total. The van der Waals surface area contributed by atoms with Crippen molar-refractivity contribution in [2.75, 3.05) is 11.9 Å². The van der Waals surface area contributed by atoms with Gasteiger partial charge < -0.3 is 16.4 Å². The Labute approximate surface area is 122 Å². The van der Waals surface area contributed by atoms with Gasteiger partial charge in [0.15, 0.2) is 0 Å². The molecule has 18 heavy (non-hydrogen) atoms. The first-order valence-corrected chi connectivity index (χ1v) is 6.30. The summed E-state index contributed by atoms with van der Waals surface area (Å²) in [5.41, 5.74) is 5.54. The molecule has 0 aliphatic rings. The van der Waals surface area contributed by atoms with Crippen LogP contribution in [-0.2, 0) is 9.59 Å². The number of carbonyl (C=O) groups excluding carboxylic acids is 2. The summed E-state index contributed by atoms with van der Waals surface area (Å²) >= 11 is 13.7. The average Bonchev–Trinajstić information content (AvgIpc) is 2.29. The third-order valence-corrected chi connectivity index (χ3v) is 2.76. The Morgan fingerprint density at radius 1 is 1.39 bits per heavy atom. The maximum Gasteiger partial charge on any atom is 0.313 e. The molecule has 1 rings (SSSR count). The Morgan fingerprint density at radius 3 is 2.61 bits per heavy atom. The molecule has 0 saturated heterocycles. The van der Waals surface area contributed by atoms with Gasteiger partial charge in [0.25, 0.3) is 0 Å². The van der Waals surface area contributed by atoms with E-state index >= 15 is 0 Å². The van der Waals surface area contributed by atoms with Crippen molar-refractivity contribution in [1.29, 1.82) is 0 Å². The molecule has 96 valence electrons. The fourth-order valence-electron chi connectivity index (χ4n) is 1.02. The number of hydrogen-bond donors (Lipinski definition) is 3. The van der Waals surface area contributed by atoms with Gasteiger partial charge in [-0.15, -0.1) is 0 Å². The predicted octanol–water partition coefficient (Wildman–Crippen LogP) is 1.44. The highest BCUT2D eigenvalue weighted by molar-refractivity contribution is 9.10. The fourth-order valence-corrected chi connectivity index (χ4v) is 1.81. The summed E-state index contributed by atoms with van der Waals surface area (Å²) in [5, 5.41) is 4.96. The first-order valence-electron chi connectivity index (χ1n) is 4.72. The largest absolute Gasteiger partial charge is 0.392 e. The summed E-state index contributed by atoms with van der Waals surface area (Å²) < 4.78 is 0.767. The van der Waals surface area contributed by atoms with E-state index in [0.717, 1.165) is 4.47 Å². The molecule has 0 aliphatic heterocycles. The molecular formula is C10H9BrClN3O2S. The van der Waals surface area contributed by atoms with E-state index in [0.29, 0.717) is 10.7 Å². The summed E-state index contributed by atoms with van der Waals surface area (Å²) in [5.74, 6) is -1.67. The minimum Gasteiger partial charge on any atom is -0.392 e.